The number of hydrogen-bond acceptors (Lipinski definition) is 4. The van der Waals surface area contributed by atoms with Crippen molar-refractivity contribution < 1.29 is 9.72 Å². The van der Waals surface area contributed by atoms with Crippen molar-refractivity contribution in [2.24, 2.45) is 5.73 Å². The topological polar surface area (TPSA) is 98.3 Å². The van der Waals surface area contributed by atoms with Crippen LogP contribution in [0.15, 0.2) is 22.7 Å². The van der Waals surface area contributed by atoms with Crippen LogP contribution in [0.5, 0.6) is 0 Å². The minimum absolute atomic E-state index is 0.116. The van der Waals surface area contributed by atoms with Gasteiger partial charge in [-0.1, -0.05) is 35.2 Å². The van der Waals surface area contributed by atoms with E-state index in [4.69, 9.17) is 5.73 Å². The van der Waals surface area contributed by atoms with E-state index in [9.17, 15) is 14.9 Å². The molecule has 0 unspecified atom stereocenters. The van der Waals surface area contributed by atoms with Gasteiger partial charge in [0.05, 0.1) is 4.92 Å². The molecule has 0 aliphatic heterocycles. The molecule has 0 spiro atoms. The molecule has 7 heteroatoms. The Hall–Kier alpha value is -1.47. The molecule has 0 heterocycles. The number of amides is 1. The Morgan fingerprint density at radius 1 is 1.33 bits per heavy atom. The maximum atomic E-state index is 12.1. The molecular formula is C14H18BrN3O3. The van der Waals surface area contributed by atoms with Gasteiger partial charge in [0.25, 0.3) is 11.6 Å². The van der Waals surface area contributed by atoms with Crippen LogP contribution in [0.1, 0.15) is 42.5 Å². The van der Waals surface area contributed by atoms with E-state index in [2.05, 4.69) is 21.2 Å². The molecule has 1 aromatic rings. The lowest BCUT2D eigenvalue weighted by molar-refractivity contribution is -0.385. The number of nitro benzene ring substituents is 1. The first kappa shape index (κ1) is 15.9. The predicted octanol–water partition coefficient (Wildman–Crippen LogP) is 2.75. The Kier molecular flexibility index (Phi) is 4.95. The zero-order chi connectivity index (χ0) is 15.5. The fourth-order valence-electron chi connectivity index (χ4n) is 2.60. The van der Waals surface area contributed by atoms with Gasteiger partial charge in [-0.25, -0.2) is 0 Å². The number of nitrogens with two attached hydrogens (primary N) is 1. The first-order valence-corrected chi connectivity index (χ1v) is 7.71. The highest BCUT2D eigenvalue weighted by Crippen LogP contribution is 2.25. The van der Waals surface area contributed by atoms with Gasteiger partial charge < -0.3 is 11.1 Å². The standard InChI is InChI=1S/C14H18BrN3O3/c15-11-6-10(7-12(8-11)18(20)21)13(19)17-9-14(16)4-2-1-3-5-14/h6-8H,1-5,9,16H2,(H,17,19). The van der Waals surface area contributed by atoms with Crippen molar-refractivity contribution in [3.05, 3.63) is 38.3 Å². The van der Waals surface area contributed by atoms with Gasteiger partial charge in [0.2, 0.25) is 0 Å². The van der Waals surface area contributed by atoms with E-state index in [-0.39, 0.29) is 22.7 Å². The molecule has 2 rings (SSSR count). The molecule has 1 aliphatic carbocycles. The Bertz CT molecular complexity index is 556. The number of nitro groups is 1. The molecule has 1 fully saturated rings. The van der Waals surface area contributed by atoms with Crippen LogP contribution in [0.2, 0.25) is 0 Å². The molecule has 3 N–H and O–H groups in total. The highest BCUT2D eigenvalue weighted by molar-refractivity contribution is 9.10. The van der Waals surface area contributed by atoms with Crippen molar-refractivity contribution in [2.45, 2.75) is 37.6 Å². The Labute approximate surface area is 131 Å². The molecule has 1 saturated carbocycles. The van der Waals surface area contributed by atoms with Crippen molar-refractivity contribution in [2.75, 3.05) is 6.54 Å². The van der Waals surface area contributed by atoms with E-state index in [1.807, 2.05) is 0 Å². The number of hydrogen-bond donors (Lipinski definition) is 2. The molecule has 1 aliphatic rings. The molecule has 114 valence electrons. The number of non-ortho nitro benzene ring substituents is 1. The first-order valence-electron chi connectivity index (χ1n) is 6.92. The second-order valence-electron chi connectivity index (χ2n) is 5.56. The van der Waals surface area contributed by atoms with Crippen LogP contribution in [0, 0.1) is 10.1 Å². The number of rotatable bonds is 4. The molecule has 1 aromatic carbocycles. The van der Waals surface area contributed by atoms with Crippen LogP contribution >= 0.6 is 15.9 Å². The molecule has 0 bridgehead atoms. The summed E-state index contributed by atoms with van der Waals surface area (Å²) in [4.78, 5) is 22.4. The number of carbonyl (C=O) groups excluding carboxylic acids is 1. The van der Waals surface area contributed by atoms with Gasteiger partial charge in [0.1, 0.15) is 0 Å². The summed E-state index contributed by atoms with van der Waals surface area (Å²) >= 11 is 3.18. The van der Waals surface area contributed by atoms with E-state index in [1.54, 1.807) is 6.07 Å². The summed E-state index contributed by atoms with van der Waals surface area (Å²) in [5, 5.41) is 13.6. The third kappa shape index (κ3) is 4.25. The average Bonchev–Trinajstić information content (AvgIpc) is 2.45. The zero-order valence-electron chi connectivity index (χ0n) is 11.6. The van der Waals surface area contributed by atoms with Gasteiger partial charge >= 0.3 is 0 Å². The fraction of sp³-hybridized carbons (Fsp3) is 0.500. The lowest BCUT2D eigenvalue weighted by Crippen LogP contribution is -2.51. The Balaban J connectivity index is 2.04. The van der Waals surface area contributed by atoms with Crippen molar-refractivity contribution in [1.82, 2.24) is 5.32 Å². The summed E-state index contributed by atoms with van der Waals surface area (Å²) in [6.07, 6.45) is 5.13. The second kappa shape index (κ2) is 6.53. The molecule has 1 amide bonds. The number of nitrogens with one attached hydrogen (secondary N) is 1. The van der Waals surface area contributed by atoms with E-state index < -0.39 is 4.92 Å². The number of halogens is 1. The van der Waals surface area contributed by atoms with Crippen LogP contribution in [0.3, 0.4) is 0 Å². The smallest absolute Gasteiger partial charge is 0.271 e. The van der Waals surface area contributed by atoms with Crippen LogP contribution in [0.25, 0.3) is 0 Å². The molecule has 0 radical (unpaired) electrons. The van der Waals surface area contributed by atoms with Crippen molar-refractivity contribution in [1.29, 1.82) is 0 Å². The van der Waals surface area contributed by atoms with Crippen LogP contribution in [-0.2, 0) is 0 Å². The van der Waals surface area contributed by atoms with Crippen molar-refractivity contribution in [3.8, 4) is 0 Å². The molecule has 6 nitrogen and oxygen atoms in total. The molecular weight excluding hydrogens is 338 g/mol. The molecule has 21 heavy (non-hydrogen) atoms. The Morgan fingerprint density at radius 2 is 2.00 bits per heavy atom. The van der Waals surface area contributed by atoms with E-state index >= 15 is 0 Å². The van der Waals surface area contributed by atoms with Gasteiger partial charge in [0, 0.05) is 34.3 Å². The van der Waals surface area contributed by atoms with Gasteiger partial charge in [0.15, 0.2) is 0 Å². The lowest BCUT2D eigenvalue weighted by atomic mass is 9.82. The monoisotopic (exact) mass is 355 g/mol. The third-order valence-electron chi connectivity index (χ3n) is 3.81. The SMILES string of the molecule is NC1(CNC(=O)c2cc(Br)cc([N+](=O)[O-])c2)CCCCC1. The van der Waals surface area contributed by atoms with Crippen molar-refractivity contribution in [3.63, 3.8) is 0 Å². The second-order valence-corrected chi connectivity index (χ2v) is 6.48. The Morgan fingerprint density at radius 3 is 2.62 bits per heavy atom. The minimum Gasteiger partial charge on any atom is -0.350 e. The van der Waals surface area contributed by atoms with Crippen LogP contribution < -0.4 is 11.1 Å². The minimum atomic E-state index is -0.521. The van der Waals surface area contributed by atoms with E-state index in [1.165, 1.54) is 18.6 Å². The van der Waals surface area contributed by atoms with Gasteiger partial charge in [-0.15, -0.1) is 0 Å². The van der Waals surface area contributed by atoms with Gasteiger partial charge in [-0.2, -0.15) is 0 Å². The highest BCUT2D eigenvalue weighted by atomic mass is 79.9. The summed E-state index contributed by atoms with van der Waals surface area (Å²) in [6.45, 7) is 0.395. The van der Waals surface area contributed by atoms with E-state index in [0.29, 0.717) is 11.0 Å². The third-order valence-corrected chi connectivity index (χ3v) is 4.26. The highest BCUT2D eigenvalue weighted by Gasteiger charge is 2.28. The molecule has 0 aromatic heterocycles. The van der Waals surface area contributed by atoms with Gasteiger partial charge in [-0.3, -0.25) is 14.9 Å². The maximum absolute atomic E-state index is 12.1. The van der Waals surface area contributed by atoms with E-state index in [0.717, 1.165) is 25.7 Å². The van der Waals surface area contributed by atoms with Crippen LogP contribution in [-0.4, -0.2) is 22.9 Å². The summed E-state index contributed by atoms with van der Waals surface area (Å²) < 4.78 is 0.502. The molecule has 0 saturated heterocycles. The summed E-state index contributed by atoms with van der Waals surface area (Å²) in [7, 11) is 0. The summed E-state index contributed by atoms with van der Waals surface area (Å²) in [5.41, 5.74) is 6.05. The van der Waals surface area contributed by atoms with Crippen LogP contribution in [0.4, 0.5) is 5.69 Å². The lowest BCUT2D eigenvalue weighted by Gasteiger charge is -2.33. The summed E-state index contributed by atoms with van der Waals surface area (Å²) in [5.74, 6) is -0.338. The maximum Gasteiger partial charge on any atom is 0.271 e. The summed E-state index contributed by atoms with van der Waals surface area (Å²) in [6, 6.07) is 4.19. The number of carbonyl (C=O) groups is 1. The number of benzene rings is 1. The molecule has 0 atom stereocenters. The largest absolute Gasteiger partial charge is 0.350 e. The average molecular weight is 356 g/mol. The normalized spacial score (nSPS) is 17.2. The number of nitrogens with zero attached hydrogens (tertiary/aromatic N) is 1. The first-order chi connectivity index (χ1) is 9.89. The quantitative estimate of drug-likeness (QED) is 0.640. The fourth-order valence-corrected chi connectivity index (χ4v) is 3.08. The van der Waals surface area contributed by atoms with Gasteiger partial charge in [-0.05, 0) is 18.9 Å². The van der Waals surface area contributed by atoms with Crippen molar-refractivity contribution >= 4 is 27.5 Å². The zero-order valence-corrected chi connectivity index (χ0v) is 13.2. The predicted molar refractivity (Wildman–Crippen MR) is 83.1 cm³/mol.